The molecule has 2 aromatic rings. The molecule has 0 spiro atoms. The van der Waals surface area contributed by atoms with Gasteiger partial charge in [-0.3, -0.25) is 9.59 Å². The minimum atomic E-state index is -0.226. The zero-order valence-corrected chi connectivity index (χ0v) is 17.9. The van der Waals surface area contributed by atoms with Gasteiger partial charge in [-0.25, -0.2) is 0 Å². The molecule has 2 amide bonds. The van der Waals surface area contributed by atoms with E-state index in [1.807, 2.05) is 0 Å². The van der Waals surface area contributed by atoms with E-state index >= 15 is 0 Å². The SMILES string of the molecule is Nc1cccc(NC(=S)NC(=O)CCCCC(=O)NC(=S)Nc2cccc(N)c2)c1. The molecular formula is C20H24N6O2S2. The summed E-state index contributed by atoms with van der Waals surface area (Å²) in [7, 11) is 0. The number of anilines is 4. The molecule has 2 aromatic carbocycles. The fourth-order valence-electron chi connectivity index (χ4n) is 2.51. The van der Waals surface area contributed by atoms with Gasteiger partial charge >= 0.3 is 0 Å². The molecule has 10 heteroatoms. The first-order valence-electron chi connectivity index (χ1n) is 9.24. The maximum absolute atomic E-state index is 12.0. The van der Waals surface area contributed by atoms with E-state index in [-0.39, 0.29) is 34.9 Å². The normalized spacial score (nSPS) is 10.0. The monoisotopic (exact) mass is 444 g/mol. The number of nitrogen functional groups attached to an aromatic ring is 2. The Kier molecular flexibility index (Phi) is 8.98. The number of hydrogen-bond donors (Lipinski definition) is 6. The largest absolute Gasteiger partial charge is 0.399 e. The molecule has 0 radical (unpaired) electrons. The van der Waals surface area contributed by atoms with Crippen molar-refractivity contribution in [3.05, 3.63) is 48.5 Å². The number of nitrogens with two attached hydrogens (primary N) is 2. The van der Waals surface area contributed by atoms with E-state index in [2.05, 4.69) is 21.3 Å². The third kappa shape index (κ3) is 8.84. The van der Waals surface area contributed by atoms with Crippen molar-refractivity contribution in [2.24, 2.45) is 0 Å². The van der Waals surface area contributed by atoms with Crippen molar-refractivity contribution >= 4 is 69.2 Å². The Hall–Kier alpha value is -3.24. The van der Waals surface area contributed by atoms with Crippen molar-refractivity contribution in [3.63, 3.8) is 0 Å². The molecule has 0 bridgehead atoms. The fourth-order valence-corrected chi connectivity index (χ4v) is 2.97. The number of amides is 2. The van der Waals surface area contributed by atoms with E-state index in [1.54, 1.807) is 48.5 Å². The third-order valence-electron chi connectivity index (χ3n) is 3.85. The first kappa shape index (κ1) is 23.0. The van der Waals surface area contributed by atoms with Crippen LogP contribution in [0.1, 0.15) is 25.7 Å². The summed E-state index contributed by atoms with van der Waals surface area (Å²) in [6.07, 6.45) is 1.57. The van der Waals surface area contributed by atoms with Crippen molar-refractivity contribution in [1.29, 1.82) is 0 Å². The molecule has 0 aliphatic heterocycles. The number of thiocarbonyl (C=S) groups is 2. The highest BCUT2D eigenvalue weighted by molar-refractivity contribution is 7.80. The summed E-state index contributed by atoms with van der Waals surface area (Å²) < 4.78 is 0. The molecular weight excluding hydrogens is 420 g/mol. The van der Waals surface area contributed by atoms with E-state index < -0.39 is 0 Å². The Labute approximate surface area is 185 Å². The number of carbonyl (C=O) groups excluding carboxylic acids is 2. The molecule has 0 aliphatic rings. The smallest absolute Gasteiger partial charge is 0.226 e. The van der Waals surface area contributed by atoms with Crippen LogP contribution < -0.4 is 32.7 Å². The van der Waals surface area contributed by atoms with Gasteiger partial charge in [-0.2, -0.15) is 0 Å². The van der Waals surface area contributed by atoms with Crippen LogP contribution in [0.4, 0.5) is 22.7 Å². The second-order valence-corrected chi connectivity index (χ2v) is 7.28. The van der Waals surface area contributed by atoms with E-state index in [0.717, 1.165) is 0 Å². The van der Waals surface area contributed by atoms with Crippen LogP contribution in [0.3, 0.4) is 0 Å². The standard InChI is InChI=1S/C20H24N6O2S2/c21-13-5-3-7-15(11-13)23-19(29)25-17(27)9-1-2-10-18(28)26-20(30)24-16-8-4-6-14(22)12-16/h3-8,11-12H,1-2,9-10,21-22H2,(H2,23,25,27,29)(H2,24,26,28,30). The van der Waals surface area contributed by atoms with Crippen LogP contribution in [0, 0.1) is 0 Å². The molecule has 2 rings (SSSR count). The van der Waals surface area contributed by atoms with E-state index in [9.17, 15) is 9.59 Å². The van der Waals surface area contributed by atoms with Crippen LogP contribution in [-0.2, 0) is 9.59 Å². The lowest BCUT2D eigenvalue weighted by molar-refractivity contribution is -0.121. The summed E-state index contributed by atoms with van der Waals surface area (Å²) >= 11 is 10.2. The molecule has 30 heavy (non-hydrogen) atoms. The highest BCUT2D eigenvalue weighted by atomic mass is 32.1. The number of nitrogens with one attached hydrogen (secondary N) is 4. The van der Waals surface area contributed by atoms with Crippen molar-refractivity contribution < 1.29 is 9.59 Å². The fraction of sp³-hybridized carbons (Fsp3) is 0.200. The summed E-state index contributed by atoms with van der Waals surface area (Å²) in [6, 6.07) is 14.1. The molecule has 0 aliphatic carbocycles. The molecule has 0 saturated heterocycles. The van der Waals surface area contributed by atoms with Crippen LogP contribution in [0.15, 0.2) is 48.5 Å². The first-order chi connectivity index (χ1) is 14.3. The zero-order valence-electron chi connectivity index (χ0n) is 16.2. The number of benzene rings is 2. The predicted molar refractivity (Wildman–Crippen MR) is 129 cm³/mol. The van der Waals surface area contributed by atoms with Gasteiger partial charge in [-0.05, 0) is 73.7 Å². The maximum Gasteiger partial charge on any atom is 0.226 e. The number of unbranched alkanes of at least 4 members (excludes halogenated alkanes) is 1. The van der Waals surface area contributed by atoms with Crippen molar-refractivity contribution in [2.75, 3.05) is 22.1 Å². The topological polar surface area (TPSA) is 134 Å². The molecule has 8 N–H and O–H groups in total. The summed E-state index contributed by atoms with van der Waals surface area (Å²) in [5, 5.41) is 11.4. The zero-order chi connectivity index (χ0) is 21.9. The lowest BCUT2D eigenvalue weighted by atomic mass is 10.2. The van der Waals surface area contributed by atoms with Gasteiger partial charge < -0.3 is 32.7 Å². The van der Waals surface area contributed by atoms with Gasteiger partial charge in [-0.15, -0.1) is 0 Å². The average molecular weight is 445 g/mol. The van der Waals surface area contributed by atoms with Gasteiger partial charge in [0.15, 0.2) is 10.2 Å². The van der Waals surface area contributed by atoms with E-state index in [0.29, 0.717) is 35.6 Å². The highest BCUT2D eigenvalue weighted by Gasteiger charge is 2.08. The Morgan fingerprint density at radius 1 is 0.733 bits per heavy atom. The van der Waals surface area contributed by atoms with Gasteiger partial charge in [0.05, 0.1) is 0 Å². The van der Waals surface area contributed by atoms with Gasteiger partial charge in [0.1, 0.15) is 0 Å². The van der Waals surface area contributed by atoms with Gasteiger partial charge in [0.2, 0.25) is 11.8 Å². The second kappa shape index (κ2) is 11.7. The van der Waals surface area contributed by atoms with Gasteiger partial charge in [0.25, 0.3) is 0 Å². The minimum absolute atomic E-state index is 0.196. The molecule has 0 fully saturated rings. The summed E-state index contributed by atoms with van der Waals surface area (Å²) in [4.78, 5) is 23.9. The molecule has 158 valence electrons. The Bertz CT molecular complexity index is 860. The molecule has 0 atom stereocenters. The Morgan fingerprint density at radius 2 is 1.13 bits per heavy atom. The Balaban J connectivity index is 1.60. The summed E-state index contributed by atoms with van der Waals surface area (Å²) in [5.74, 6) is -0.452. The van der Waals surface area contributed by atoms with Crippen LogP contribution >= 0.6 is 24.4 Å². The van der Waals surface area contributed by atoms with Crippen LogP contribution in [0.25, 0.3) is 0 Å². The lowest BCUT2D eigenvalue weighted by Crippen LogP contribution is -2.34. The summed E-state index contributed by atoms with van der Waals surface area (Å²) in [5.41, 5.74) is 14.0. The number of hydrogen-bond acceptors (Lipinski definition) is 6. The van der Waals surface area contributed by atoms with Crippen LogP contribution in [0.2, 0.25) is 0 Å². The number of rotatable bonds is 7. The summed E-state index contributed by atoms with van der Waals surface area (Å²) in [6.45, 7) is 0. The van der Waals surface area contributed by atoms with E-state index in [1.165, 1.54) is 0 Å². The maximum atomic E-state index is 12.0. The number of carbonyl (C=O) groups is 2. The van der Waals surface area contributed by atoms with Crippen molar-refractivity contribution in [3.8, 4) is 0 Å². The Morgan fingerprint density at radius 3 is 1.50 bits per heavy atom. The minimum Gasteiger partial charge on any atom is -0.399 e. The third-order valence-corrected chi connectivity index (χ3v) is 4.26. The van der Waals surface area contributed by atoms with Gasteiger partial charge in [0, 0.05) is 35.6 Å². The van der Waals surface area contributed by atoms with E-state index in [4.69, 9.17) is 35.9 Å². The van der Waals surface area contributed by atoms with Crippen LogP contribution in [0.5, 0.6) is 0 Å². The van der Waals surface area contributed by atoms with Gasteiger partial charge in [-0.1, -0.05) is 12.1 Å². The second-order valence-electron chi connectivity index (χ2n) is 6.46. The molecule has 8 nitrogen and oxygen atoms in total. The lowest BCUT2D eigenvalue weighted by Gasteiger charge is -2.11. The molecule has 0 heterocycles. The predicted octanol–water partition coefficient (Wildman–Crippen LogP) is 2.74. The average Bonchev–Trinajstić information content (AvgIpc) is 2.65. The van der Waals surface area contributed by atoms with Crippen LogP contribution in [-0.4, -0.2) is 22.0 Å². The molecule has 0 aromatic heterocycles. The molecule has 0 saturated carbocycles. The highest BCUT2D eigenvalue weighted by Crippen LogP contribution is 2.12. The first-order valence-corrected chi connectivity index (χ1v) is 10.1. The molecule has 0 unspecified atom stereocenters. The van der Waals surface area contributed by atoms with Crippen molar-refractivity contribution in [2.45, 2.75) is 25.7 Å². The van der Waals surface area contributed by atoms with Crippen molar-refractivity contribution in [1.82, 2.24) is 10.6 Å². The quantitative estimate of drug-likeness (QED) is 0.218.